The lowest BCUT2D eigenvalue weighted by atomic mass is 9.93. The van der Waals surface area contributed by atoms with Crippen molar-refractivity contribution in [3.05, 3.63) is 22.4 Å². The molecule has 0 spiro atoms. The molecule has 0 aromatic carbocycles. The molecular formula is C12H20N2S. The van der Waals surface area contributed by atoms with E-state index in [4.69, 9.17) is 5.73 Å². The Morgan fingerprint density at radius 1 is 1.40 bits per heavy atom. The highest BCUT2D eigenvalue weighted by Crippen LogP contribution is 2.23. The first-order chi connectivity index (χ1) is 7.38. The smallest absolute Gasteiger partial charge is 0.0105 e. The number of thiophene rings is 1. The number of piperidine rings is 1. The number of nitrogens with zero attached hydrogens (tertiary/aromatic N) is 1. The van der Waals surface area contributed by atoms with Gasteiger partial charge in [-0.3, -0.25) is 0 Å². The minimum Gasteiger partial charge on any atom is -0.329 e. The van der Waals surface area contributed by atoms with Crippen molar-refractivity contribution in [3.63, 3.8) is 0 Å². The van der Waals surface area contributed by atoms with E-state index in [1.54, 1.807) is 4.88 Å². The van der Waals surface area contributed by atoms with Crippen LogP contribution < -0.4 is 5.73 Å². The quantitative estimate of drug-likeness (QED) is 0.847. The molecule has 2 rings (SSSR count). The van der Waals surface area contributed by atoms with E-state index in [1.807, 2.05) is 11.3 Å². The van der Waals surface area contributed by atoms with Crippen molar-refractivity contribution in [3.8, 4) is 0 Å². The number of rotatable bonds is 4. The minimum atomic E-state index is 0.801. The van der Waals surface area contributed by atoms with Gasteiger partial charge in [0.1, 0.15) is 0 Å². The molecule has 1 saturated heterocycles. The third-order valence-corrected chi connectivity index (χ3v) is 4.12. The maximum atomic E-state index is 5.56. The molecule has 1 aromatic heterocycles. The normalized spacial score (nSPS) is 19.5. The average molecular weight is 224 g/mol. The van der Waals surface area contributed by atoms with Crippen molar-refractivity contribution < 1.29 is 0 Å². The largest absolute Gasteiger partial charge is 0.329 e. The molecule has 0 bridgehead atoms. The number of likely N-dealkylation sites (tertiary alicyclic amines) is 1. The molecule has 3 heteroatoms. The lowest BCUT2D eigenvalue weighted by Crippen LogP contribution is -2.37. The fourth-order valence-electron chi connectivity index (χ4n) is 2.31. The van der Waals surface area contributed by atoms with Crippen LogP contribution in [0.2, 0.25) is 0 Å². The number of hydrogen-bond acceptors (Lipinski definition) is 3. The van der Waals surface area contributed by atoms with Crippen LogP contribution in [0.3, 0.4) is 0 Å². The van der Waals surface area contributed by atoms with Gasteiger partial charge in [0.25, 0.3) is 0 Å². The summed E-state index contributed by atoms with van der Waals surface area (Å²) in [6.07, 6.45) is 3.98. The standard InChI is InChI=1S/C12H20N2S/c13-5-8-14-6-3-11(4-7-14)10-12-2-1-9-15-12/h1-2,9,11H,3-8,10,13H2. The molecule has 2 N–H and O–H groups in total. The van der Waals surface area contributed by atoms with Gasteiger partial charge in [-0.1, -0.05) is 6.07 Å². The first kappa shape index (κ1) is 11.1. The predicted octanol–water partition coefficient (Wildman–Crippen LogP) is 1.96. The fourth-order valence-corrected chi connectivity index (χ4v) is 3.13. The Morgan fingerprint density at radius 2 is 2.20 bits per heavy atom. The molecule has 1 aliphatic heterocycles. The van der Waals surface area contributed by atoms with E-state index < -0.39 is 0 Å². The number of nitrogens with two attached hydrogens (primary N) is 1. The van der Waals surface area contributed by atoms with Gasteiger partial charge in [-0.25, -0.2) is 0 Å². The van der Waals surface area contributed by atoms with E-state index in [2.05, 4.69) is 22.4 Å². The zero-order chi connectivity index (χ0) is 10.5. The highest BCUT2D eigenvalue weighted by atomic mass is 32.1. The van der Waals surface area contributed by atoms with Gasteiger partial charge in [0.05, 0.1) is 0 Å². The van der Waals surface area contributed by atoms with E-state index >= 15 is 0 Å². The van der Waals surface area contributed by atoms with Gasteiger partial charge in [-0.2, -0.15) is 0 Å². The molecule has 2 heterocycles. The second-order valence-corrected chi connectivity index (χ2v) is 5.39. The first-order valence-electron chi connectivity index (χ1n) is 5.83. The Kier molecular flexibility index (Phi) is 4.18. The van der Waals surface area contributed by atoms with E-state index in [0.29, 0.717) is 0 Å². The number of hydrogen-bond donors (Lipinski definition) is 1. The van der Waals surface area contributed by atoms with Crippen LogP contribution in [0.1, 0.15) is 17.7 Å². The molecule has 15 heavy (non-hydrogen) atoms. The van der Waals surface area contributed by atoms with Crippen molar-refractivity contribution >= 4 is 11.3 Å². The van der Waals surface area contributed by atoms with Crippen LogP contribution in [0.25, 0.3) is 0 Å². The van der Waals surface area contributed by atoms with Crippen LogP contribution >= 0.6 is 11.3 Å². The molecule has 84 valence electrons. The SMILES string of the molecule is NCCN1CCC(Cc2cccs2)CC1. The molecule has 1 fully saturated rings. The van der Waals surface area contributed by atoms with Crippen LogP contribution in [0.5, 0.6) is 0 Å². The monoisotopic (exact) mass is 224 g/mol. The molecule has 1 aliphatic rings. The lowest BCUT2D eigenvalue weighted by Gasteiger charge is -2.31. The maximum Gasteiger partial charge on any atom is 0.0105 e. The summed E-state index contributed by atoms with van der Waals surface area (Å²) >= 11 is 1.89. The first-order valence-corrected chi connectivity index (χ1v) is 6.71. The topological polar surface area (TPSA) is 29.3 Å². The van der Waals surface area contributed by atoms with Crippen molar-refractivity contribution in [2.75, 3.05) is 26.2 Å². The van der Waals surface area contributed by atoms with Crippen LogP contribution in [0, 0.1) is 5.92 Å². The molecule has 0 aliphatic carbocycles. The Bertz CT molecular complexity index is 263. The van der Waals surface area contributed by atoms with Gasteiger partial charge in [-0.15, -0.1) is 11.3 Å². The molecular weight excluding hydrogens is 204 g/mol. The van der Waals surface area contributed by atoms with Gasteiger partial charge in [0.15, 0.2) is 0 Å². The van der Waals surface area contributed by atoms with Crippen molar-refractivity contribution in [1.82, 2.24) is 4.90 Å². The lowest BCUT2D eigenvalue weighted by molar-refractivity contribution is 0.189. The highest BCUT2D eigenvalue weighted by Gasteiger charge is 2.18. The summed E-state index contributed by atoms with van der Waals surface area (Å²) in [4.78, 5) is 4.04. The molecule has 0 saturated carbocycles. The summed E-state index contributed by atoms with van der Waals surface area (Å²) in [6, 6.07) is 4.42. The van der Waals surface area contributed by atoms with Crippen LogP contribution in [0.15, 0.2) is 17.5 Å². The van der Waals surface area contributed by atoms with E-state index in [-0.39, 0.29) is 0 Å². The summed E-state index contributed by atoms with van der Waals surface area (Å²) in [5.74, 6) is 0.901. The second-order valence-electron chi connectivity index (χ2n) is 4.36. The van der Waals surface area contributed by atoms with E-state index in [1.165, 1.54) is 32.4 Å². The van der Waals surface area contributed by atoms with Crippen molar-refractivity contribution in [2.45, 2.75) is 19.3 Å². The maximum absolute atomic E-state index is 5.56. The Balaban J connectivity index is 1.74. The zero-order valence-corrected chi connectivity index (χ0v) is 10.0. The van der Waals surface area contributed by atoms with Gasteiger partial charge in [0.2, 0.25) is 0 Å². The fraction of sp³-hybridized carbons (Fsp3) is 0.667. The van der Waals surface area contributed by atoms with Gasteiger partial charge in [-0.05, 0) is 49.7 Å². The highest BCUT2D eigenvalue weighted by molar-refractivity contribution is 7.09. The van der Waals surface area contributed by atoms with Crippen molar-refractivity contribution in [2.24, 2.45) is 11.7 Å². The summed E-state index contributed by atoms with van der Waals surface area (Å²) in [6.45, 7) is 4.36. The van der Waals surface area contributed by atoms with Crippen molar-refractivity contribution in [1.29, 1.82) is 0 Å². The minimum absolute atomic E-state index is 0.801. The predicted molar refractivity (Wildman–Crippen MR) is 66.2 cm³/mol. The summed E-state index contributed by atoms with van der Waals surface area (Å²) in [5, 5.41) is 2.18. The van der Waals surface area contributed by atoms with Crippen LogP contribution in [0.4, 0.5) is 0 Å². The van der Waals surface area contributed by atoms with E-state index in [9.17, 15) is 0 Å². The molecule has 0 amide bonds. The van der Waals surface area contributed by atoms with Gasteiger partial charge in [0, 0.05) is 18.0 Å². The zero-order valence-electron chi connectivity index (χ0n) is 9.19. The Morgan fingerprint density at radius 3 is 2.80 bits per heavy atom. The van der Waals surface area contributed by atoms with Crippen LogP contribution in [-0.2, 0) is 6.42 Å². The summed E-state index contributed by atoms with van der Waals surface area (Å²) < 4.78 is 0. The second kappa shape index (κ2) is 5.64. The summed E-state index contributed by atoms with van der Waals surface area (Å²) in [5.41, 5.74) is 5.56. The Hall–Kier alpha value is -0.380. The van der Waals surface area contributed by atoms with Gasteiger partial charge < -0.3 is 10.6 Å². The van der Waals surface area contributed by atoms with Gasteiger partial charge >= 0.3 is 0 Å². The summed E-state index contributed by atoms with van der Waals surface area (Å²) in [7, 11) is 0. The van der Waals surface area contributed by atoms with E-state index in [0.717, 1.165) is 19.0 Å². The third kappa shape index (κ3) is 3.30. The molecule has 2 nitrogen and oxygen atoms in total. The molecule has 1 aromatic rings. The third-order valence-electron chi connectivity index (χ3n) is 3.22. The average Bonchev–Trinajstić information content (AvgIpc) is 2.74. The molecule has 0 atom stereocenters. The molecule has 0 unspecified atom stereocenters. The van der Waals surface area contributed by atoms with Crippen LogP contribution in [-0.4, -0.2) is 31.1 Å². The Labute approximate surface area is 96.1 Å². The molecule has 0 radical (unpaired) electrons.